The van der Waals surface area contributed by atoms with Gasteiger partial charge in [-0.2, -0.15) is 0 Å². The Hall–Kier alpha value is -2.03. The number of likely N-dealkylation sites (tertiary alicyclic amines) is 1. The Morgan fingerprint density at radius 3 is 2.84 bits per heavy atom. The first-order valence-electron chi connectivity index (χ1n) is 10.9. The normalized spacial score (nSPS) is 25.2. The number of carbonyl (C=O) groups is 1. The van der Waals surface area contributed by atoms with Crippen LogP contribution in [0, 0.1) is 10.8 Å². The number of hydrogen-bond donors (Lipinski definition) is 1. The second kappa shape index (κ2) is 7.78. The highest BCUT2D eigenvalue weighted by Crippen LogP contribution is 2.53. The minimum Gasteiger partial charge on any atom is -0.493 e. The van der Waals surface area contributed by atoms with Gasteiger partial charge >= 0.3 is 5.91 Å². The van der Waals surface area contributed by atoms with Crippen molar-refractivity contribution in [2.24, 2.45) is 21.1 Å². The van der Waals surface area contributed by atoms with E-state index in [9.17, 15) is 9.90 Å². The van der Waals surface area contributed by atoms with Crippen molar-refractivity contribution in [3.63, 3.8) is 0 Å². The van der Waals surface area contributed by atoms with E-state index in [1.165, 1.54) is 24.2 Å². The lowest BCUT2D eigenvalue weighted by molar-refractivity contribution is 0.0999. The zero-order chi connectivity index (χ0) is 22.7. The number of azo groups is 1. The number of carbonyl (C=O) groups excluding carboxylic acids is 1. The van der Waals surface area contributed by atoms with Gasteiger partial charge in [-0.1, -0.05) is 42.8 Å². The zero-order valence-electron chi connectivity index (χ0n) is 18.5. The Balaban J connectivity index is 1.50. The highest BCUT2D eigenvalue weighted by Gasteiger charge is 2.49. The van der Waals surface area contributed by atoms with Crippen LogP contribution in [0.25, 0.3) is 10.9 Å². The van der Waals surface area contributed by atoms with Crippen molar-refractivity contribution in [3.8, 4) is 5.88 Å². The lowest BCUT2D eigenvalue weighted by atomic mass is 9.65. The lowest BCUT2D eigenvalue weighted by Gasteiger charge is -2.40. The third-order valence-corrected chi connectivity index (χ3v) is 8.14. The molecule has 2 fully saturated rings. The molecule has 2 bridgehead atoms. The number of hydrogen-bond acceptors (Lipinski definition) is 5. The predicted molar refractivity (Wildman–Crippen MR) is 131 cm³/mol. The summed E-state index contributed by atoms with van der Waals surface area (Å²) in [7, 11) is 0. The summed E-state index contributed by atoms with van der Waals surface area (Å²) in [6, 6.07) is 9.89. The van der Waals surface area contributed by atoms with Crippen LogP contribution in [-0.2, 0) is 6.67 Å². The van der Waals surface area contributed by atoms with Crippen molar-refractivity contribution >= 4 is 49.8 Å². The van der Waals surface area contributed by atoms with Gasteiger partial charge in [0.25, 0.3) is 0 Å². The van der Waals surface area contributed by atoms with Crippen LogP contribution >= 0.6 is 27.3 Å². The van der Waals surface area contributed by atoms with Crippen molar-refractivity contribution < 1.29 is 9.90 Å². The Morgan fingerprint density at radius 1 is 1.28 bits per heavy atom. The number of halogens is 1. The topological polar surface area (TPSA) is 70.2 Å². The Bertz CT molecular complexity index is 1220. The number of aromatic hydroxyl groups is 1. The molecule has 0 unspecified atom stereocenters. The SMILES string of the molecule is CC1(C)C[C@@H]2C[C@](C)(CN2Cn2c(O)c(N=NC(=O)c3cccs3)c3cc(Br)ccc32)C1. The molecule has 1 aliphatic heterocycles. The number of rotatable bonds is 4. The Labute approximate surface area is 200 Å². The van der Waals surface area contributed by atoms with Crippen molar-refractivity contribution in [3.05, 3.63) is 45.1 Å². The summed E-state index contributed by atoms with van der Waals surface area (Å²) in [5, 5.41) is 21.9. The van der Waals surface area contributed by atoms with Gasteiger partial charge in [-0.15, -0.1) is 21.6 Å². The molecule has 168 valence electrons. The van der Waals surface area contributed by atoms with E-state index in [4.69, 9.17) is 0 Å². The molecule has 0 radical (unpaired) electrons. The van der Waals surface area contributed by atoms with Gasteiger partial charge in [0.15, 0.2) is 5.69 Å². The fourth-order valence-electron chi connectivity index (χ4n) is 6.01. The molecule has 32 heavy (non-hydrogen) atoms. The Morgan fingerprint density at radius 2 is 2.09 bits per heavy atom. The maximum atomic E-state index is 12.3. The van der Waals surface area contributed by atoms with Crippen LogP contribution in [0.2, 0.25) is 0 Å². The number of fused-ring (bicyclic) bond motifs is 3. The molecule has 5 rings (SSSR count). The van der Waals surface area contributed by atoms with Gasteiger partial charge in [-0.25, -0.2) is 0 Å². The van der Waals surface area contributed by atoms with Crippen LogP contribution in [0.15, 0.2) is 50.4 Å². The standard InChI is InChI=1S/C24H27BrN4O2S/c1-23(2)10-16-11-24(3,12-23)13-28(16)14-29-18-7-6-15(25)9-17(18)20(22(29)31)26-27-21(30)19-5-4-8-32-19/h4-9,16,31H,10-14H2,1-3H3/t16-,24+/m1/s1. The second-order valence-corrected chi connectivity index (χ2v) is 12.2. The molecule has 8 heteroatoms. The van der Waals surface area contributed by atoms with Gasteiger partial charge in [0.05, 0.1) is 17.1 Å². The van der Waals surface area contributed by atoms with Crippen LogP contribution in [0.3, 0.4) is 0 Å². The van der Waals surface area contributed by atoms with Gasteiger partial charge in [0.2, 0.25) is 5.88 Å². The number of thiophene rings is 1. The summed E-state index contributed by atoms with van der Waals surface area (Å²) < 4.78 is 2.79. The lowest BCUT2D eigenvalue weighted by Crippen LogP contribution is -2.35. The van der Waals surface area contributed by atoms with Crippen LogP contribution in [0.4, 0.5) is 5.69 Å². The summed E-state index contributed by atoms with van der Waals surface area (Å²) in [5.41, 5.74) is 1.86. The third-order valence-electron chi connectivity index (χ3n) is 6.79. The fraction of sp³-hybridized carbons (Fsp3) is 0.458. The molecule has 1 saturated carbocycles. The molecule has 3 heterocycles. The maximum absolute atomic E-state index is 12.3. The predicted octanol–water partition coefficient (Wildman–Crippen LogP) is 6.95. The Kier molecular flexibility index (Phi) is 5.30. The average Bonchev–Trinajstić information content (AvgIpc) is 3.37. The molecular formula is C24H27BrN4O2S. The molecule has 2 atom stereocenters. The molecule has 1 N–H and O–H groups in total. The molecule has 3 aromatic rings. The molecule has 1 saturated heterocycles. The highest BCUT2D eigenvalue weighted by atomic mass is 79.9. The number of amides is 1. The van der Waals surface area contributed by atoms with Crippen molar-refractivity contribution in [1.29, 1.82) is 0 Å². The van der Waals surface area contributed by atoms with Gasteiger partial charge in [0.1, 0.15) is 0 Å². The molecule has 1 aliphatic carbocycles. The largest absolute Gasteiger partial charge is 0.493 e. The number of nitrogens with zero attached hydrogens (tertiary/aromatic N) is 4. The smallest absolute Gasteiger partial charge is 0.305 e. The van der Waals surface area contributed by atoms with Gasteiger partial charge < -0.3 is 5.11 Å². The monoisotopic (exact) mass is 514 g/mol. The van der Waals surface area contributed by atoms with Crippen LogP contribution in [0.5, 0.6) is 5.88 Å². The van der Waals surface area contributed by atoms with E-state index in [1.807, 2.05) is 34.2 Å². The van der Waals surface area contributed by atoms with E-state index in [1.54, 1.807) is 6.07 Å². The fourth-order valence-corrected chi connectivity index (χ4v) is 6.97. The number of benzene rings is 1. The quantitative estimate of drug-likeness (QED) is 0.382. The molecule has 2 aliphatic rings. The zero-order valence-corrected chi connectivity index (χ0v) is 20.9. The summed E-state index contributed by atoms with van der Waals surface area (Å²) >= 11 is 4.84. The number of aromatic nitrogens is 1. The first-order chi connectivity index (χ1) is 15.1. The van der Waals surface area contributed by atoms with E-state index in [2.05, 4.69) is 51.8 Å². The van der Waals surface area contributed by atoms with Crippen molar-refractivity contribution in [2.75, 3.05) is 6.54 Å². The van der Waals surface area contributed by atoms with Crippen molar-refractivity contribution in [2.45, 2.75) is 52.7 Å². The van der Waals surface area contributed by atoms with E-state index < -0.39 is 5.91 Å². The van der Waals surface area contributed by atoms with Gasteiger partial charge in [-0.3, -0.25) is 14.3 Å². The van der Waals surface area contributed by atoms with Crippen LogP contribution in [-0.4, -0.2) is 33.1 Å². The molecule has 2 aromatic heterocycles. The maximum Gasteiger partial charge on any atom is 0.305 e. The minimum absolute atomic E-state index is 0.0479. The van der Waals surface area contributed by atoms with Crippen LogP contribution in [0.1, 0.15) is 49.7 Å². The van der Waals surface area contributed by atoms with E-state index in [-0.39, 0.29) is 5.88 Å². The first kappa shape index (κ1) is 21.8. The molecule has 6 nitrogen and oxygen atoms in total. The highest BCUT2D eigenvalue weighted by molar-refractivity contribution is 9.10. The average molecular weight is 515 g/mol. The minimum atomic E-state index is -0.404. The van der Waals surface area contributed by atoms with E-state index in [0.717, 1.165) is 28.3 Å². The third kappa shape index (κ3) is 3.93. The van der Waals surface area contributed by atoms with Crippen LogP contribution < -0.4 is 0 Å². The van der Waals surface area contributed by atoms with Gasteiger partial charge in [-0.05, 0) is 59.7 Å². The molecule has 1 aromatic carbocycles. The van der Waals surface area contributed by atoms with E-state index in [0.29, 0.717) is 34.1 Å². The summed E-state index contributed by atoms with van der Waals surface area (Å²) in [6.45, 7) is 8.73. The summed E-state index contributed by atoms with van der Waals surface area (Å²) in [5.74, 6) is -0.356. The van der Waals surface area contributed by atoms with Gasteiger partial charge in [0, 0.05) is 22.4 Å². The summed E-state index contributed by atoms with van der Waals surface area (Å²) in [4.78, 5) is 15.4. The summed E-state index contributed by atoms with van der Waals surface area (Å²) in [6.07, 6.45) is 3.59. The van der Waals surface area contributed by atoms with E-state index >= 15 is 0 Å². The molecular weight excluding hydrogens is 488 g/mol. The molecule has 1 amide bonds. The first-order valence-corrected chi connectivity index (χ1v) is 12.6. The van der Waals surface area contributed by atoms with Crippen molar-refractivity contribution in [1.82, 2.24) is 9.47 Å². The second-order valence-electron chi connectivity index (χ2n) is 10.3. The molecule has 0 spiro atoms.